The number of hydrogen-bond acceptors (Lipinski definition) is 7. The van der Waals surface area contributed by atoms with Gasteiger partial charge in [-0.3, -0.25) is 4.98 Å². The number of carbonyl (C=O) groups is 1. The number of ether oxygens (including phenoxy) is 3. The summed E-state index contributed by atoms with van der Waals surface area (Å²) in [5.41, 5.74) is 6.15. The molecule has 1 N–H and O–H groups in total. The molecule has 0 saturated carbocycles. The summed E-state index contributed by atoms with van der Waals surface area (Å²) in [5, 5.41) is 10.7. The van der Waals surface area contributed by atoms with Gasteiger partial charge in [-0.2, -0.15) is 0 Å². The molecule has 1 fully saturated rings. The lowest BCUT2D eigenvalue weighted by atomic mass is 9.81. The molecule has 0 bridgehead atoms. The van der Waals surface area contributed by atoms with Gasteiger partial charge < -0.3 is 24.2 Å². The van der Waals surface area contributed by atoms with Crippen molar-refractivity contribution in [1.82, 2.24) is 4.98 Å². The number of piperidine rings is 1. The van der Waals surface area contributed by atoms with Gasteiger partial charge in [0, 0.05) is 36.3 Å². The van der Waals surface area contributed by atoms with Crippen LogP contribution in [0, 0.1) is 18.2 Å². The Kier molecular flexibility index (Phi) is 10.3. The Morgan fingerprint density at radius 1 is 1.13 bits per heavy atom. The van der Waals surface area contributed by atoms with E-state index in [1.807, 2.05) is 65.8 Å². The molecule has 2 aromatic carbocycles. The lowest BCUT2D eigenvalue weighted by Crippen LogP contribution is -2.39. The van der Waals surface area contributed by atoms with E-state index in [-0.39, 0.29) is 30.0 Å². The van der Waals surface area contributed by atoms with Crippen LogP contribution in [-0.2, 0) is 33.7 Å². The Hall–Kier alpha value is -3.49. The van der Waals surface area contributed by atoms with Gasteiger partial charge in [0.25, 0.3) is 0 Å². The number of aromatic nitrogens is 1. The molecule has 3 heterocycles. The van der Waals surface area contributed by atoms with Crippen molar-refractivity contribution in [2.24, 2.45) is 5.41 Å². The highest BCUT2D eigenvalue weighted by atomic mass is 19.1. The minimum Gasteiger partial charge on any atom is -0.490 e. The van der Waals surface area contributed by atoms with E-state index in [1.165, 1.54) is 12.1 Å². The molecule has 0 aliphatic carbocycles. The van der Waals surface area contributed by atoms with Crippen molar-refractivity contribution in [3.05, 3.63) is 76.4 Å². The van der Waals surface area contributed by atoms with Crippen LogP contribution in [0.2, 0.25) is 0 Å². The molecule has 2 atom stereocenters. The lowest BCUT2D eigenvalue weighted by Gasteiger charge is -2.41. The summed E-state index contributed by atoms with van der Waals surface area (Å²) in [6.45, 7) is 17.3. The molecule has 3 aromatic rings. The topological polar surface area (TPSA) is 81.1 Å². The fourth-order valence-electron chi connectivity index (χ4n) is 6.66. The van der Waals surface area contributed by atoms with E-state index >= 15 is 0 Å². The monoisotopic (exact) mass is 646 g/mol. The van der Waals surface area contributed by atoms with Crippen molar-refractivity contribution in [3.63, 3.8) is 0 Å². The second kappa shape index (κ2) is 13.9. The van der Waals surface area contributed by atoms with E-state index in [2.05, 4.69) is 24.8 Å². The van der Waals surface area contributed by atoms with E-state index < -0.39 is 17.7 Å². The molecule has 254 valence electrons. The van der Waals surface area contributed by atoms with Gasteiger partial charge >= 0.3 is 5.97 Å². The quantitative estimate of drug-likeness (QED) is 0.236. The van der Waals surface area contributed by atoms with Gasteiger partial charge in [0.05, 0.1) is 29.7 Å². The largest absolute Gasteiger partial charge is 0.490 e. The zero-order valence-corrected chi connectivity index (χ0v) is 29.3. The van der Waals surface area contributed by atoms with Gasteiger partial charge in [0.1, 0.15) is 17.7 Å². The summed E-state index contributed by atoms with van der Waals surface area (Å²) in [6.07, 6.45) is 2.99. The first kappa shape index (κ1) is 34.8. The number of hydrogen-bond donors (Lipinski definition) is 1. The predicted octanol–water partition coefficient (Wildman–Crippen LogP) is 8.06. The van der Waals surface area contributed by atoms with Gasteiger partial charge in [-0.05, 0) is 114 Å². The summed E-state index contributed by atoms with van der Waals surface area (Å²) in [7, 11) is 0. The number of fused-ring (bicyclic) bond motifs is 1. The van der Waals surface area contributed by atoms with Crippen LogP contribution < -0.4 is 9.64 Å². The molecule has 8 heteroatoms. The normalized spacial score (nSPS) is 18.4. The first-order valence-electron chi connectivity index (χ1n) is 17.0. The molecule has 0 unspecified atom stereocenters. The minimum atomic E-state index is -1.01. The number of benzene rings is 2. The summed E-state index contributed by atoms with van der Waals surface area (Å²) < 4.78 is 32.2. The third-order valence-electron chi connectivity index (χ3n) is 9.11. The van der Waals surface area contributed by atoms with Crippen molar-refractivity contribution in [3.8, 4) is 16.9 Å². The maximum Gasteiger partial charge on any atom is 0.340 e. The van der Waals surface area contributed by atoms with Crippen LogP contribution in [0.1, 0.15) is 102 Å². The predicted molar refractivity (Wildman–Crippen MR) is 183 cm³/mol. The van der Waals surface area contributed by atoms with E-state index in [9.17, 15) is 14.3 Å². The molecule has 0 amide bonds. The molecular formula is C39H51FN2O5. The lowest BCUT2D eigenvalue weighted by molar-refractivity contribution is -0.171. The smallest absolute Gasteiger partial charge is 0.340 e. The number of carbonyl (C=O) groups excluding carboxylic acids is 1. The molecular weight excluding hydrogens is 595 g/mol. The van der Waals surface area contributed by atoms with Crippen molar-refractivity contribution in [1.29, 1.82) is 0 Å². The number of pyridine rings is 1. The average molecular weight is 647 g/mol. The molecule has 0 spiro atoms. The van der Waals surface area contributed by atoms with Gasteiger partial charge in [-0.25, -0.2) is 9.18 Å². The fraction of sp³-hybridized carbons (Fsp3) is 0.538. The van der Waals surface area contributed by atoms with Crippen LogP contribution in [0.3, 0.4) is 0 Å². The van der Waals surface area contributed by atoms with Crippen molar-refractivity contribution >= 4 is 11.7 Å². The highest BCUT2D eigenvalue weighted by Gasteiger charge is 2.38. The Morgan fingerprint density at radius 3 is 2.43 bits per heavy atom. The van der Waals surface area contributed by atoms with Crippen LogP contribution in [0.15, 0.2) is 42.5 Å². The molecule has 7 nitrogen and oxygen atoms in total. The Balaban J connectivity index is 1.62. The molecule has 0 radical (unpaired) electrons. The van der Waals surface area contributed by atoms with E-state index in [4.69, 9.17) is 19.2 Å². The van der Waals surface area contributed by atoms with Gasteiger partial charge in [-0.1, -0.05) is 32.0 Å². The highest BCUT2D eigenvalue weighted by Crippen LogP contribution is 2.46. The number of aliphatic hydroxyl groups is 1. The second-order valence-corrected chi connectivity index (χ2v) is 15.1. The zero-order chi connectivity index (χ0) is 34.1. The van der Waals surface area contributed by atoms with Gasteiger partial charge in [0.2, 0.25) is 0 Å². The highest BCUT2D eigenvalue weighted by molar-refractivity contribution is 5.89. The maximum absolute atomic E-state index is 13.8. The average Bonchev–Trinajstić information content (AvgIpc) is 2.99. The van der Waals surface area contributed by atoms with Gasteiger partial charge in [0.15, 0.2) is 6.10 Å². The standard InChI is InChI=1S/C39H51FN2O5/c1-24(2)45-37(44)36(47-38(4,5)6)33-25(3)41-31(23-43)34(35(33)42-19-17-39(7,8)18-20-42)28-12-16-32-27(22-28)11-15-30(46-32)21-26-9-13-29(40)14-10-26/h9-10,12-14,16,22,24,30,36,43H,11,15,17-21,23H2,1-8H3/t30-,36+/m1/s1. The van der Waals surface area contributed by atoms with Crippen molar-refractivity contribution in [2.75, 3.05) is 18.0 Å². The van der Waals surface area contributed by atoms with Crippen molar-refractivity contribution < 1.29 is 28.5 Å². The molecule has 5 rings (SSSR count). The number of halogens is 1. The number of rotatable bonds is 9. The number of esters is 1. The zero-order valence-electron chi connectivity index (χ0n) is 29.3. The molecule has 1 saturated heterocycles. The van der Waals surface area contributed by atoms with Crippen molar-refractivity contribution in [2.45, 2.75) is 118 Å². The van der Waals surface area contributed by atoms with E-state index in [1.54, 1.807) is 0 Å². The first-order chi connectivity index (χ1) is 22.1. The van der Waals surface area contributed by atoms with Gasteiger partial charge in [-0.15, -0.1) is 0 Å². The minimum absolute atomic E-state index is 0.00556. The first-order valence-corrected chi connectivity index (χ1v) is 17.0. The Bertz CT molecular complexity index is 1570. The Labute approximate surface area is 279 Å². The van der Waals surface area contributed by atoms with Crippen LogP contribution in [0.5, 0.6) is 5.75 Å². The van der Waals surface area contributed by atoms with Crippen LogP contribution in [-0.4, -0.2) is 47.0 Å². The summed E-state index contributed by atoms with van der Waals surface area (Å²) in [6, 6.07) is 12.8. The third kappa shape index (κ3) is 8.33. The Morgan fingerprint density at radius 2 is 1.81 bits per heavy atom. The van der Waals surface area contributed by atoms with Crippen LogP contribution in [0.4, 0.5) is 10.1 Å². The number of anilines is 1. The molecule has 47 heavy (non-hydrogen) atoms. The molecule has 2 aliphatic heterocycles. The number of nitrogens with zero attached hydrogens (tertiary/aromatic N) is 2. The number of aliphatic hydroxyl groups excluding tert-OH is 1. The number of aryl methyl sites for hydroxylation is 2. The SMILES string of the molecule is Cc1nc(CO)c(-c2ccc3c(c2)CC[C@H](Cc2ccc(F)cc2)O3)c(N2CCC(C)(C)CC2)c1[C@H](OC(C)(C)C)C(=O)OC(C)C. The fourth-order valence-corrected chi connectivity index (χ4v) is 6.66. The van der Waals surface area contributed by atoms with E-state index in [0.29, 0.717) is 23.4 Å². The van der Waals surface area contributed by atoms with E-state index in [0.717, 1.165) is 72.5 Å². The van der Waals surface area contributed by atoms with Crippen LogP contribution in [0.25, 0.3) is 11.1 Å². The molecule has 2 aliphatic rings. The summed E-state index contributed by atoms with van der Waals surface area (Å²) in [4.78, 5) is 21.1. The third-order valence-corrected chi connectivity index (χ3v) is 9.11. The van der Waals surface area contributed by atoms with Crippen LogP contribution >= 0.6 is 0 Å². The summed E-state index contributed by atoms with van der Waals surface area (Å²) in [5.74, 6) is 0.133. The summed E-state index contributed by atoms with van der Waals surface area (Å²) >= 11 is 0. The maximum atomic E-state index is 13.8. The second-order valence-electron chi connectivity index (χ2n) is 15.1. The molecule has 1 aromatic heterocycles.